The van der Waals surface area contributed by atoms with Crippen LogP contribution in [0.1, 0.15) is 83.0 Å². The third-order valence-electron chi connectivity index (χ3n) is 9.03. The lowest BCUT2D eigenvalue weighted by atomic mass is 9.46. The summed E-state index contributed by atoms with van der Waals surface area (Å²) in [5, 5.41) is 0. The molecule has 31 heavy (non-hydrogen) atoms. The number of carbonyl (C=O) groups is 1. The lowest BCUT2D eigenvalue weighted by Crippen LogP contribution is -2.53. The molecule has 0 N–H and O–H groups in total. The Labute approximate surface area is 188 Å². The molecule has 1 aromatic heterocycles. The van der Waals surface area contributed by atoms with Gasteiger partial charge in [-0.1, -0.05) is 31.9 Å². The largest absolute Gasteiger partial charge is 0.469 e. The van der Waals surface area contributed by atoms with Gasteiger partial charge in [0.2, 0.25) is 0 Å². The number of carbonyl (C=O) groups excluding carboxylic acids is 1. The monoisotopic (exact) mass is 427 g/mol. The molecule has 1 aromatic rings. The fourth-order valence-electron chi connectivity index (χ4n) is 7.31. The zero-order chi connectivity index (χ0) is 22.1. The number of piperidine rings is 1. The van der Waals surface area contributed by atoms with Gasteiger partial charge in [-0.2, -0.15) is 0 Å². The molecule has 4 heteroatoms. The molecule has 0 radical (unpaired) electrons. The maximum Gasteiger partial charge on any atom is 0.311 e. The van der Waals surface area contributed by atoms with Crippen molar-refractivity contribution in [2.24, 2.45) is 22.7 Å². The van der Waals surface area contributed by atoms with Crippen LogP contribution in [0.5, 0.6) is 0 Å². The van der Waals surface area contributed by atoms with Gasteiger partial charge in [-0.25, -0.2) is 0 Å². The highest BCUT2D eigenvalue weighted by molar-refractivity contribution is 5.77. The predicted octanol–water partition coefficient (Wildman–Crippen LogP) is 6.15. The van der Waals surface area contributed by atoms with Gasteiger partial charge >= 0.3 is 5.97 Å². The van der Waals surface area contributed by atoms with E-state index in [-0.39, 0.29) is 16.8 Å². The summed E-state index contributed by atoms with van der Waals surface area (Å²) in [5.74, 6) is 1.95. The molecule has 4 rings (SSSR count). The minimum Gasteiger partial charge on any atom is -0.469 e. The number of esters is 1. The molecule has 2 heterocycles. The van der Waals surface area contributed by atoms with E-state index in [9.17, 15) is 4.79 Å². The van der Waals surface area contributed by atoms with E-state index in [1.54, 1.807) is 7.11 Å². The summed E-state index contributed by atoms with van der Waals surface area (Å²) in [6.07, 6.45) is 13.3. The van der Waals surface area contributed by atoms with Crippen molar-refractivity contribution in [2.75, 3.05) is 20.2 Å². The number of allylic oxidation sites excluding steroid dienone is 1. The number of rotatable bonds is 6. The van der Waals surface area contributed by atoms with Crippen molar-refractivity contribution in [3.63, 3.8) is 0 Å². The predicted molar refractivity (Wildman–Crippen MR) is 124 cm³/mol. The van der Waals surface area contributed by atoms with Crippen molar-refractivity contribution in [2.45, 2.75) is 84.6 Å². The molecule has 4 unspecified atom stereocenters. The number of hydrogen-bond acceptors (Lipinski definition) is 4. The smallest absolute Gasteiger partial charge is 0.311 e. The molecule has 0 spiro atoms. The molecule has 0 amide bonds. The highest BCUT2D eigenvalue weighted by Crippen LogP contribution is 2.62. The van der Waals surface area contributed by atoms with Crippen molar-refractivity contribution in [3.8, 4) is 0 Å². The van der Waals surface area contributed by atoms with Crippen LogP contribution in [0.2, 0.25) is 0 Å². The normalized spacial score (nSPS) is 34.4. The van der Waals surface area contributed by atoms with Gasteiger partial charge in [0.15, 0.2) is 0 Å². The number of methoxy groups -OCH3 is 1. The van der Waals surface area contributed by atoms with Crippen molar-refractivity contribution >= 4 is 5.97 Å². The van der Waals surface area contributed by atoms with E-state index in [0.29, 0.717) is 11.8 Å². The number of nitrogens with zero attached hydrogens (tertiary/aromatic N) is 1. The van der Waals surface area contributed by atoms with Crippen molar-refractivity contribution < 1.29 is 13.9 Å². The van der Waals surface area contributed by atoms with E-state index in [1.165, 1.54) is 49.9 Å². The van der Waals surface area contributed by atoms with Crippen LogP contribution in [0.4, 0.5) is 0 Å². The Kier molecular flexibility index (Phi) is 6.67. The van der Waals surface area contributed by atoms with E-state index in [0.717, 1.165) is 50.8 Å². The molecule has 4 atom stereocenters. The fraction of sp³-hybridized carbons (Fsp3) is 0.741. The van der Waals surface area contributed by atoms with Crippen molar-refractivity contribution in [1.29, 1.82) is 0 Å². The van der Waals surface area contributed by atoms with Gasteiger partial charge in [0, 0.05) is 0 Å². The van der Waals surface area contributed by atoms with Crippen LogP contribution < -0.4 is 0 Å². The molecular weight excluding hydrogens is 386 g/mol. The van der Waals surface area contributed by atoms with E-state index in [4.69, 9.17) is 9.15 Å². The molecular formula is C27H41NO3. The van der Waals surface area contributed by atoms with E-state index in [2.05, 4.69) is 31.4 Å². The Morgan fingerprint density at radius 3 is 2.74 bits per heavy atom. The number of ether oxygens (including phenoxy) is 1. The number of likely N-dealkylation sites (tertiary alicyclic amines) is 1. The highest BCUT2D eigenvalue weighted by Gasteiger charge is 2.57. The van der Waals surface area contributed by atoms with Crippen LogP contribution in [0.15, 0.2) is 28.9 Å². The Balaban J connectivity index is 1.49. The molecule has 0 bridgehead atoms. The molecule has 1 aliphatic heterocycles. The van der Waals surface area contributed by atoms with E-state index in [1.807, 2.05) is 6.26 Å². The van der Waals surface area contributed by atoms with Crippen molar-refractivity contribution in [1.82, 2.24) is 4.90 Å². The lowest BCUT2D eigenvalue weighted by molar-refractivity contribution is -0.168. The van der Waals surface area contributed by atoms with Gasteiger partial charge in [0.1, 0.15) is 5.76 Å². The van der Waals surface area contributed by atoms with Gasteiger partial charge in [0.25, 0.3) is 0 Å². The first kappa shape index (κ1) is 22.6. The van der Waals surface area contributed by atoms with Crippen LogP contribution in [-0.2, 0) is 22.5 Å². The summed E-state index contributed by atoms with van der Waals surface area (Å²) < 4.78 is 11.2. The summed E-state index contributed by atoms with van der Waals surface area (Å²) in [4.78, 5) is 15.3. The van der Waals surface area contributed by atoms with Crippen LogP contribution in [0.25, 0.3) is 0 Å². The maximum absolute atomic E-state index is 12.8. The summed E-state index contributed by atoms with van der Waals surface area (Å²) in [5.41, 5.74) is 2.49. The second-order valence-electron chi connectivity index (χ2n) is 10.8. The molecule has 2 aliphatic carbocycles. The molecule has 2 saturated carbocycles. The van der Waals surface area contributed by atoms with E-state index < -0.39 is 0 Å². The molecule has 3 fully saturated rings. The highest BCUT2D eigenvalue weighted by atomic mass is 16.5. The van der Waals surface area contributed by atoms with Crippen LogP contribution in [-0.4, -0.2) is 31.1 Å². The number of hydrogen-bond donors (Lipinski definition) is 0. The Hall–Kier alpha value is -1.55. The molecule has 172 valence electrons. The van der Waals surface area contributed by atoms with Gasteiger partial charge in [-0.05, 0) is 100 Å². The topological polar surface area (TPSA) is 42.7 Å². The summed E-state index contributed by atoms with van der Waals surface area (Å²) in [6.45, 7) is 12.4. The van der Waals surface area contributed by atoms with Crippen LogP contribution >= 0.6 is 0 Å². The average molecular weight is 428 g/mol. The maximum atomic E-state index is 12.8. The first-order valence-electron chi connectivity index (χ1n) is 12.4. The first-order valence-corrected chi connectivity index (χ1v) is 12.4. The zero-order valence-corrected chi connectivity index (χ0v) is 19.9. The lowest BCUT2D eigenvalue weighted by Gasteiger charge is -2.57. The number of furan rings is 1. The van der Waals surface area contributed by atoms with Gasteiger partial charge in [0.05, 0.1) is 25.3 Å². The van der Waals surface area contributed by atoms with Gasteiger partial charge in [-0.3, -0.25) is 9.69 Å². The third-order valence-corrected chi connectivity index (χ3v) is 9.03. The summed E-state index contributed by atoms with van der Waals surface area (Å²) in [7, 11) is 1.54. The van der Waals surface area contributed by atoms with E-state index >= 15 is 0 Å². The van der Waals surface area contributed by atoms with Crippen LogP contribution in [0.3, 0.4) is 0 Å². The molecule has 3 aliphatic rings. The Morgan fingerprint density at radius 2 is 2.00 bits per heavy atom. The zero-order valence-electron chi connectivity index (χ0n) is 19.9. The second kappa shape index (κ2) is 9.13. The van der Waals surface area contributed by atoms with Crippen LogP contribution in [0, 0.1) is 22.7 Å². The number of aryl methyl sites for hydroxylation is 1. The third kappa shape index (κ3) is 4.25. The average Bonchev–Trinajstić information content (AvgIpc) is 3.20. The standard InChI is InChI=1S/C27H41NO3/c1-20-9-12-24-26(2,14-8-15-27(24,3)25(29)30-4)22(20)11-10-21-13-18-31-23(21)19-28-16-6-5-7-17-28/h13,18,22,24H,1,5-12,14-17,19H2,2-4H3. The van der Waals surface area contributed by atoms with Crippen molar-refractivity contribution in [3.05, 3.63) is 35.8 Å². The molecule has 4 nitrogen and oxygen atoms in total. The fourth-order valence-corrected chi connectivity index (χ4v) is 7.31. The number of fused-ring (bicyclic) bond motifs is 1. The quantitative estimate of drug-likeness (QED) is 0.403. The molecule has 1 saturated heterocycles. The summed E-state index contributed by atoms with van der Waals surface area (Å²) >= 11 is 0. The SMILES string of the molecule is C=C1CCC2C(C)(C(=O)OC)CCCC2(C)C1CCc1ccoc1CN1CCCCC1. The minimum absolute atomic E-state index is 0.0201. The second-order valence-corrected chi connectivity index (χ2v) is 10.8. The van der Waals surface area contributed by atoms with Gasteiger partial charge in [-0.15, -0.1) is 0 Å². The first-order chi connectivity index (χ1) is 14.9. The Morgan fingerprint density at radius 1 is 1.23 bits per heavy atom. The molecule has 0 aromatic carbocycles. The van der Waals surface area contributed by atoms with Gasteiger partial charge < -0.3 is 9.15 Å². The Bertz CT molecular complexity index is 792. The summed E-state index contributed by atoms with van der Waals surface area (Å²) in [6, 6.07) is 2.17. The minimum atomic E-state index is -0.365.